The average molecular weight is 229 g/mol. The molecular formula is C10H14O4P+. The SMILES string of the molecule is CCO[P+](=O)OCc1ccc(OC)cc1. The molecule has 15 heavy (non-hydrogen) atoms. The number of benzene rings is 1. The van der Waals surface area contributed by atoms with Crippen LogP contribution in [0.15, 0.2) is 24.3 Å². The summed E-state index contributed by atoms with van der Waals surface area (Å²) in [5, 5.41) is 0. The smallest absolute Gasteiger partial charge is 0.497 e. The minimum Gasteiger partial charge on any atom is -0.497 e. The molecule has 5 heteroatoms. The number of ether oxygens (including phenoxy) is 1. The van der Waals surface area contributed by atoms with E-state index in [2.05, 4.69) is 0 Å². The van der Waals surface area contributed by atoms with Crippen LogP contribution < -0.4 is 4.74 Å². The van der Waals surface area contributed by atoms with Gasteiger partial charge >= 0.3 is 8.25 Å². The van der Waals surface area contributed by atoms with Crippen LogP contribution in [0.2, 0.25) is 0 Å². The van der Waals surface area contributed by atoms with Crippen molar-refractivity contribution in [3.05, 3.63) is 29.8 Å². The van der Waals surface area contributed by atoms with Crippen LogP contribution in [0, 0.1) is 0 Å². The molecule has 1 aromatic rings. The highest BCUT2D eigenvalue weighted by Crippen LogP contribution is 2.25. The normalized spacial score (nSPS) is 11.2. The van der Waals surface area contributed by atoms with Crippen molar-refractivity contribution < 1.29 is 18.3 Å². The lowest BCUT2D eigenvalue weighted by atomic mass is 10.2. The van der Waals surface area contributed by atoms with Crippen LogP contribution >= 0.6 is 8.25 Å². The van der Waals surface area contributed by atoms with E-state index >= 15 is 0 Å². The third-order valence-electron chi connectivity index (χ3n) is 1.73. The molecule has 0 aliphatic heterocycles. The topological polar surface area (TPSA) is 44.8 Å². The molecule has 1 unspecified atom stereocenters. The van der Waals surface area contributed by atoms with E-state index in [1.165, 1.54) is 0 Å². The molecule has 0 aromatic heterocycles. The highest BCUT2D eigenvalue weighted by Gasteiger charge is 2.18. The summed E-state index contributed by atoms with van der Waals surface area (Å²) in [7, 11) is -0.388. The molecular weight excluding hydrogens is 215 g/mol. The van der Waals surface area contributed by atoms with Gasteiger partial charge in [-0.25, -0.2) is 0 Å². The molecule has 0 saturated carbocycles. The third kappa shape index (κ3) is 4.38. The second-order valence-electron chi connectivity index (χ2n) is 2.76. The van der Waals surface area contributed by atoms with Crippen molar-refractivity contribution >= 4 is 8.25 Å². The Morgan fingerprint density at radius 1 is 1.20 bits per heavy atom. The van der Waals surface area contributed by atoms with Crippen molar-refractivity contribution in [1.29, 1.82) is 0 Å². The fourth-order valence-corrected chi connectivity index (χ4v) is 1.53. The van der Waals surface area contributed by atoms with Gasteiger partial charge in [-0.3, -0.25) is 0 Å². The number of rotatable bonds is 6. The standard InChI is InChI=1S/C10H14O4P/c1-3-13-15(11)14-8-9-4-6-10(12-2)7-5-9/h4-7H,3,8H2,1-2H3/q+1. The Morgan fingerprint density at radius 3 is 2.40 bits per heavy atom. The monoisotopic (exact) mass is 229 g/mol. The van der Waals surface area contributed by atoms with E-state index in [9.17, 15) is 4.57 Å². The fourth-order valence-electron chi connectivity index (χ4n) is 0.992. The van der Waals surface area contributed by atoms with Gasteiger partial charge in [0.2, 0.25) is 0 Å². The summed E-state index contributed by atoms with van der Waals surface area (Å²) in [6.45, 7) is 2.43. The van der Waals surface area contributed by atoms with Gasteiger partial charge in [-0.2, -0.15) is 0 Å². The maximum absolute atomic E-state index is 11.0. The summed E-state index contributed by atoms with van der Waals surface area (Å²) in [4.78, 5) is 0. The summed E-state index contributed by atoms with van der Waals surface area (Å²) < 4.78 is 25.8. The molecule has 0 fully saturated rings. The van der Waals surface area contributed by atoms with Gasteiger partial charge < -0.3 is 4.74 Å². The molecule has 1 atom stereocenters. The van der Waals surface area contributed by atoms with E-state index < -0.39 is 8.25 Å². The molecule has 4 nitrogen and oxygen atoms in total. The maximum atomic E-state index is 11.0. The molecule has 0 bridgehead atoms. The molecule has 0 aliphatic rings. The fraction of sp³-hybridized carbons (Fsp3) is 0.400. The second kappa shape index (κ2) is 6.51. The van der Waals surface area contributed by atoms with Crippen molar-refractivity contribution in [3.8, 4) is 5.75 Å². The molecule has 82 valence electrons. The largest absolute Gasteiger partial charge is 0.697 e. The Balaban J connectivity index is 2.40. The van der Waals surface area contributed by atoms with E-state index in [1.807, 2.05) is 24.3 Å². The molecule has 1 rings (SSSR count). The Kier molecular flexibility index (Phi) is 5.26. The van der Waals surface area contributed by atoms with Crippen LogP contribution in [0.1, 0.15) is 12.5 Å². The van der Waals surface area contributed by atoms with Gasteiger partial charge in [0.25, 0.3) is 0 Å². The summed E-state index contributed by atoms with van der Waals surface area (Å²) in [6.07, 6.45) is 0. The lowest BCUT2D eigenvalue weighted by Gasteiger charge is -1.99. The Hall–Kier alpha value is -0.960. The van der Waals surface area contributed by atoms with Gasteiger partial charge in [0.15, 0.2) is 0 Å². The first-order chi connectivity index (χ1) is 7.26. The van der Waals surface area contributed by atoms with Crippen molar-refractivity contribution in [2.75, 3.05) is 13.7 Å². The van der Waals surface area contributed by atoms with Gasteiger partial charge in [-0.1, -0.05) is 12.1 Å². The predicted octanol–water partition coefficient (Wildman–Crippen LogP) is 2.91. The zero-order chi connectivity index (χ0) is 11.1. The third-order valence-corrected chi connectivity index (χ3v) is 2.54. The van der Waals surface area contributed by atoms with Gasteiger partial charge in [0, 0.05) is 4.57 Å². The zero-order valence-corrected chi connectivity index (χ0v) is 9.70. The molecule has 1 aromatic carbocycles. The molecule has 0 saturated heterocycles. The van der Waals surface area contributed by atoms with Crippen LogP contribution in [0.25, 0.3) is 0 Å². The molecule has 0 heterocycles. The summed E-state index contributed by atoms with van der Waals surface area (Å²) in [5.74, 6) is 0.785. The Bertz CT molecular complexity index is 310. The van der Waals surface area contributed by atoms with E-state index in [1.54, 1.807) is 14.0 Å². The van der Waals surface area contributed by atoms with E-state index in [0.717, 1.165) is 11.3 Å². The van der Waals surface area contributed by atoms with Gasteiger partial charge in [0.1, 0.15) is 19.0 Å². The average Bonchev–Trinajstić information content (AvgIpc) is 2.27. The molecule has 0 aliphatic carbocycles. The molecule has 0 amide bonds. The molecule has 0 radical (unpaired) electrons. The second-order valence-corrected chi connectivity index (χ2v) is 3.73. The van der Waals surface area contributed by atoms with Crippen molar-refractivity contribution in [2.45, 2.75) is 13.5 Å². The maximum Gasteiger partial charge on any atom is 0.697 e. The first kappa shape index (κ1) is 12.1. The zero-order valence-electron chi connectivity index (χ0n) is 8.80. The highest BCUT2D eigenvalue weighted by molar-refractivity contribution is 7.33. The van der Waals surface area contributed by atoms with Crippen LogP contribution in [0.4, 0.5) is 0 Å². The van der Waals surface area contributed by atoms with Crippen LogP contribution in [0.5, 0.6) is 5.75 Å². The summed E-state index contributed by atoms with van der Waals surface area (Å²) in [5.41, 5.74) is 0.929. The first-order valence-electron chi connectivity index (χ1n) is 4.62. The van der Waals surface area contributed by atoms with E-state index in [0.29, 0.717) is 6.61 Å². The van der Waals surface area contributed by atoms with E-state index in [-0.39, 0.29) is 6.61 Å². The van der Waals surface area contributed by atoms with Gasteiger partial charge in [-0.15, -0.1) is 9.05 Å². The Labute approximate surface area is 90.1 Å². The van der Waals surface area contributed by atoms with Crippen LogP contribution in [-0.2, 0) is 20.2 Å². The Morgan fingerprint density at radius 2 is 1.87 bits per heavy atom. The quantitative estimate of drug-likeness (QED) is 0.703. The van der Waals surface area contributed by atoms with E-state index in [4.69, 9.17) is 13.8 Å². The lowest BCUT2D eigenvalue weighted by molar-refractivity contribution is 0.227. The van der Waals surface area contributed by atoms with Crippen molar-refractivity contribution in [3.63, 3.8) is 0 Å². The van der Waals surface area contributed by atoms with Crippen LogP contribution in [-0.4, -0.2) is 13.7 Å². The van der Waals surface area contributed by atoms with Gasteiger partial charge in [-0.05, 0) is 24.6 Å². The van der Waals surface area contributed by atoms with Crippen molar-refractivity contribution in [1.82, 2.24) is 0 Å². The number of hydrogen-bond acceptors (Lipinski definition) is 4. The predicted molar refractivity (Wildman–Crippen MR) is 57.0 cm³/mol. The first-order valence-corrected chi connectivity index (χ1v) is 5.71. The number of hydrogen-bond donors (Lipinski definition) is 0. The summed E-state index contributed by atoms with van der Waals surface area (Å²) in [6, 6.07) is 7.36. The minimum atomic E-state index is -2.00. The number of methoxy groups -OCH3 is 1. The van der Waals surface area contributed by atoms with Crippen LogP contribution in [0.3, 0.4) is 0 Å². The molecule has 0 N–H and O–H groups in total. The molecule has 0 spiro atoms. The summed E-state index contributed by atoms with van der Waals surface area (Å²) >= 11 is 0. The minimum absolute atomic E-state index is 0.277. The lowest BCUT2D eigenvalue weighted by Crippen LogP contribution is -1.89. The van der Waals surface area contributed by atoms with Crippen molar-refractivity contribution in [2.24, 2.45) is 0 Å². The van der Waals surface area contributed by atoms with Gasteiger partial charge in [0.05, 0.1) is 7.11 Å². The highest BCUT2D eigenvalue weighted by atomic mass is 31.1.